The fraction of sp³-hybridized carbons (Fsp3) is 0.188. The van der Waals surface area contributed by atoms with Crippen molar-refractivity contribution in [3.05, 3.63) is 79.9 Å². The van der Waals surface area contributed by atoms with E-state index in [2.05, 4.69) is 5.32 Å². The molecule has 0 saturated heterocycles. The van der Waals surface area contributed by atoms with Gasteiger partial charge in [-0.15, -0.1) is 0 Å². The van der Waals surface area contributed by atoms with Crippen molar-refractivity contribution in [1.29, 1.82) is 0 Å². The van der Waals surface area contributed by atoms with E-state index in [1.807, 2.05) is 6.07 Å². The Morgan fingerprint density at radius 3 is 2.04 bits per heavy atom. The summed E-state index contributed by atoms with van der Waals surface area (Å²) in [5.74, 6) is -1.08. The van der Waals surface area contributed by atoms with E-state index in [0.29, 0.717) is 0 Å². The molecule has 0 fully saturated rings. The van der Waals surface area contributed by atoms with Crippen LogP contribution in [0.25, 0.3) is 0 Å². The van der Waals surface area contributed by atoms with Crippen LogP contribution in [-0.4, -0.2) is 27.0 Å². The van der Waals surface area contributed by atoms with Crippen LogP contribution in [0.2, 0.25) is 0 Å². The number of nitrogens with zero attached hydrogens (tertiary/aromatic N) is 2. The summed E-state index contributed by atoms with van der Waals surface area (Å²) in [4.78, 5) is 31.7. The van der Waals surface area contributed by atoms with Crippen LogP contribution in [0, 0.1) is 20.2 Å². The highest BCUT2D eigenvalue weighted by Gasteiger charge is 2.20. The molecular weight excluding hydrogens is 330 g/mol. The second-order valence-electron chi connectivity index (χ2n) is 5.33. The van der Waals surface area contributed by atoms with Crippen LogP contribution in [0.1, 0.15) is 11.1 Å². The maximum Gasteiger partial charge on any atom is 0.321 e. The van der Waals surface area contributed by atoms with Crippen LogP contribution in [-0.2, 0) is 17.8 Å². The number of carboxylic acid groups (broad SMARTS) is 1. The Morgan fingerprint density at radius 2 is 1.56 bits per heavy atom. The number of rotatable bonds is 8. The van der Waals surface area contributed by atoms with E-state index in [1.54, 1.807) is 24.3 Å². The van der Waals surface area contributed by atoms with E-state index in [4.69, 9.17) is 0 Å². The van der Waals surface area contributed by atoms with E-state index in [0.717, 1.165) is 11.6 Å². The number of nitro groups is 2. The summed E-state index contributed by atoms with van der Waals surface area (Å²) in [7, 11) is 0. The minimum Gasteiger partial charge on any atom is -0.480 e. The zero-order valence-electron chi connectivity index (χ0n) is 13.0. The van der Waals surface area contributed by atoms with Crippen LogP contribution in [0.3, 0.4) is 0 Å². The van der Waals surface area contributed by atoms with E-state index >= 15 is 0 Å². The van der Waals surface area contributed by atoms with Crippen LogP contribution in [0.15, 0.2) is 48.5 Å². The average molecular weight is 345 g/mol. The van der Waals surface area contributed by atoms with Crippen molar-refractivity contribution in [2.75, 3.05) is 0 Å². The molecule has 0 aliphatic rings. The first-order valence-corrected chi connectivity index (χ1v) is 7.29. The molecule has 0 aromatic heterocycles. The van der Waals surface area contributed by atoms with Gasteiger partial charge in [0, 0.05) is 18.7 Å². The number of hydrogen-bond donors (Lipinski definition) is 2. The van der Waals surface area contributed by atoms with Gasteiger partial charge in [-0.3, -0.25) is 25.0 Å². The molecule has 0 saturated carbocycles. The predicted molar refractivity (Wildman–Crippen MR) is 88.2 cm³/mol. The van der Waals surface area contributed by atoms with Crippen LogP contribution in [0.4, 0.5) is 11.4 Å². The fourth-order valence-electron chi connectivity index (χ4n) is 2.31. The topological polar surface area (TPSA) is 136 Å². The summed E-state index contributed by atoms with van der Waals surface area (Å²) in [5.41, 5.74) is 0.245. The van der Waals surface area contributed by atoms with Crippen molar-refractivity contribution in [3.8, 4) is 0 Å². The average Bonchev–Trinajstić information content (AvgIpc) is 2.58. The first kappa shape index (κ1) is 18.0. The minimum atomic E-state index is -1.08. The third-order valence-electron chi connectivity index (χ3n) is 3.52. The van der Waals surface area contributed by atoms with Gasteiger partial charge in [0.2, 0.25) is 0 Å². The normalized spacial score (nSPS) is 11.7. The van der Waals surface area contributed by atoms with E-state index in [-0.39, 0.29) is 18.5 Å². The van der Waals surface area contributed by atoms with Gasteiger partial charge in [0.25, 0.3) is 11.4 Å². The molecule has 130 valence electrons. The van der Waals surface area contributed by atoms with E-state index < -0.39 is 33.2 Å². The molecule has 9 heteroatoms. The standard InChI is InChI=1S/C16H15N3O6/c20-16(21)15(8-11-4-2-1-3-5-11)17-10-12-6-13(18(22)23)9-14(7-12)19(24)25/h1-7,9,15,17H,8,10H2,(H,20,21)/t15-/m0/s1. The second kappa shape index (κ2) is 7.97. The number of aliphatic carboxylic acids is 1. The van der Waals surface area contributed by atoms with Gasteiger partial charge in [0.1, 0.15) is 6.04 Å². The molecule has 0 heterocycles. The Morgan fingerprint density at radius 1 is 1.00 bits per heavy atom. The second-order valence-corrected chi connectivity index (χ2v) is 5.33. The number of non-ortho nitro benzene ring substituents is 2. The quantitative estimate of drug-likeness (QED) is 0.553. The summed E-state index contributed by atoms with van der Waals surface area (Å²) < 4.78 is 0. The summed E-state index contributed by atoms with van der Waals surface area (Å²) >= 11 is 0. The number of nitro benzene ring substituents is 2. The Bertz CT molecular complexity index is 761. The highest BCUT2D eigenvalue weighted by atomic mass is 16.6. The lowest BCUT2D eigenvalue weighted by Gasteiger charge is -2.14. The van der Waals surface area contributed by atoms with Gasteiger partial charge < -0.3 is 10.4 Å². The van der Waals surface area contributed by atoms with Crippen molar-refractivity contribution < 1.29 is 19.7 Å². The fourth-order valence-corrected chi connectivity index (χ4v) is 2.31. The third-order valence-corrected chi connectivity index (χ3v) is 3.52. The first-order chi connectivity index (χ1) is 11.9. The molecule has 0 aliphatic carbocycles. The summed E-state index contributed by atoms with van der Waals surface area (Å²) in [6, 6.07) is 11.3. The number of hydrogen-bond acceptors (Lipinski definition) is 6. The molecule has 1 atom stereocenters. The van der Waals surface area contributed by atoms with Crippen molar-refractivity contribution in [2.24, 2.45) is 0 Å². The molecule has 2 N–H and O–H groups in total. The van der Waals surface area contributed by atoms with Crippen molar-refractivity contribution in [3.63, 3.8) is 0 Å². The van der Waals surface area contributed by atoms with Gasteiger partial charge in [-0.1, -0.05) is 30.3 Å². The molecule has 0 bridgehead atoms. The number of carboxylic acids is 1. The summed E-state index contributed by atoms with van der Waals surface area (Å²) in [5, 5.41) is 33.9. The number of nitrogens with one attached hydrogen (secondary N) is 1. The molecule has 2 rings (SSSR count). The number of benzene rings is 2. The molecular formula is C16H15N3O6. The van der Waals surface area contributed by atoms with Crippen molar-refractivity contribution in [2.45, 2.75) is 19.0 Å². The van der Waals surface area contributed by atoms with Gasteiger partial charge in [0.15, 0.2) is 0 Å². The SMILES string of the molecule is O=C(O)[C@H](Cc1ccccc1)NCc1cc([N+](=O)[O-])cc([N+](=O)[O-])c1. The molecule has 0 spiro atoms. The highest BCUT2D eigenvalue weighted by Crippen LogP contribution is 2.22. The van der Waals surface area contributed by atoms with Crippen LogP contribution in [0.5, 0.6) is 0 Å². The zero-order chi connectivity index (χ0) is 18.4. The van der Waals surface area contributed by atoms with Gasteiger partial charge in [0.05, 0.1) is 15.9 Å². The molecule has 2 aromatic rings. The molecule has 0 radical (unpaired) electrons. The molecule has 0 unspecified atom stereocenters. The Hall–Kier alpha value is -3.33. The zero-order valence-corrected chi connectivity index (χ0v) is 13.0. The highest BCUT2D eigenvalue weighted by molar-refractivity contribution is 5.73. The van der Waals surface area contributed by atoms with Gasteiger partial charge in [-0.05, 0) is 17.5 Å². The Kier molecular flexibility index (Phi) is 5.75. The van der Waals surface area contributed by atoms with Crippen molar-refractivity contribution in [1.82, 2.24) is 5.32 Å². The Labute approximate surface area is 142 Å². The summed E-state index contributed by atoms with van der Waals surface area (Å²) in [6.45, 7) is -0.0493. The Balaban J connectivity index is 2.15. The minimum absolute atomic E-state index is 0.0493. The van der Waals surface area contributed by atoms with Gasteiger partial charge >= 0.3 is 5.97 Å². The molecule has 2 aromatic carbocycles. The number of carbonyl (C=O) groups is 1. The van der Waals surface area contributed by atoms with Crippen molar-refractivity contribution >= 4 is 17.3 Å². The smallest absolute Gasteiger partial charge is 0.321 e. The third kappa shape index (κ3) is 5.08. The lowest BCUT2D eigenvalue weighted by Crippen LogP contribution is -2.38. The van der Waals surface area contributed by atoms with Crippen LogP contribution < -0.4 is 5.32 Å². The lowest BCUT2D eigenvalue weighted by molar-refractivity contribution is -0.394. The van der Waals surface area contributed by atoms with Gasteiger partial charge in [-0.2, -0.15) is 0 Å². The lowest BCUT2D eigenvalue weighted by atomic mass is 10.1. The van der Waals surface area contributed by atoms with Crippen LogP contribution >= 0.6 is 0 Å². The predicted octanol–water partition coefficient (Wildman–Crippen LogP) is 2.29. The largest absolute Gasteiger partial charge is 0.480 e. The van der Waals surface area contributed by atoms with E-state index in [9.17, 15) is 30.1 Å². The van der Waals surface area contributed by atoms with Gasteiger partial charge in [-0.25, -0.2) is 0 Å². The molecule has 25 heavy (non-hydrogen) atoms. The maximum atomic E-state index is 11.4. The van der Waals surface area contributed by atoms with E-state index in [1.165, 1.54) is 12.1 Å². The summed E-state index contributed by atoms with van der Waals surface area (Å²) in [6.07, 6.45) is 0.215. The first-order valence-electron chi connectivity index (χ1n) is 7.29. The molecule has 0 aliphatic heterocycles. The molecule has 0 amide bonds. The molecule has 9 nitrogen and oxygen atoms in total. The monoisotopic (exact) mass is 345 g/mol. The maximum absolute atomic E-state index is 11.4.